The maximum absolute atomic E-state index is 13.7. The van der Waals surface area contributed by atoms with E-state index in [1.807, 2.05) is 42.5 Å². The van der Waals surface area contributed by atoms with Gasteiger partial charge in [0.1, 0.15) is 12.1 Å². The number of carbonyl (C=O) groups excluding carboxylic acids is 4. The fourth-order valence-corrected chi connectivity index (χ4v) is 9.62. The van der Waals surface area contributed by atoms with Crippen molar-refractivity contribution in [2.45, 2.75) is 153 Å². The number of hydrogen-bond donors (Lipinski definition) is 12. The molecule has 12 N–H and O–H groups in total. The van der Waals surface area contributed by atoms with E-state index in [0.29, 0.717) is 89.4 Å². The molecular weight excluding hydrogens is 1090 g/mol. The Morgan fingerprint density at radius 3 is 1.72 bits per heavy atom. The third-order valence-electron chi connectivity index (χ3n) is 13.8. The Morgan fingerprint density at radius 1 is 0.537 bits per heavy atom. The van der Waals surface area contributed by atoms with E-state index in [2.05, 4.69) is 31.9 Å². The molecule has 1 aliphatic heterocycles. The molecule has 0 spiro atoms. The quantitative estimate of drug-likeness (QED) is 0.0337. The van der Waals surface area contributed by atoms with Crippen LogP contribution in [0, 0.1) is 0 Å². The van der Waals surface area contributed by atoms with Crippen molar-refractivity contribution in [3.8, 4) is 0 Å². The predicted molar refractivity (Wildman–Crippen MR) is 306 cm³/mol. The Kier molecular flexibility index (Phi) is 32.3. The number of aliphatic carboxylic acids is 6. The molecule has 82 heavy (non-hydrogen) atoms. The van der Waals surface area contributed by atoms with E-state index in [-0.39, 0.29) is 108 Å². The lowest BCUT2D eigenvalue weighted by Crippen LogP contribution is -2.49. The van der Waals surface area contributed by atoms with Crippen molar-refractivity contribution in [2.75, 3.05) is 64.2 Å². The van der Waals surface area contributed by atoms with Gasteiger partial charge < -0.3 is 62.5 Å². The number of carbonyl (C=O) groups is 10. The second-order valence-corrected chi connectivity index (χ2v) is 21.1. The molecule has 1 heterocycles. The summed E-state index contributed by atoms with van der Waals surface area (Å²) in [6.45, 7) is 2.44. The Morgan fingerprint density at radius 2 is 1.10 bits per heavy atom. The molecule has 0 aliphatic carbocycles. The summed E-state index contributed by atoms with van der Waals surface area (Å²) in [6.07, 6.45) is 6.37. The molecule has 1 aliphatic rings. The minimum absolute atomic E-state index is 0.0992. The topological polar surface area (TPSA) is 374 Å². The molecule has 5 atom stereocenters. The van der Waals surface area contributed by atoms with Crippen LogP contribution in [0.25, 0.3) is 0 Å². The minimum atomic E-state index is -1.21. The summed E-state index contributed by atoms with van der Waals surface area (Å²) in [5, 5.41) is 73.7. The van der Waals surface area contributed by atoms with E-state index in [9.17, 15) is 73.5 Å². The summed E-state index contributed by atoms with van der Waals surface area (Å²) in [7, 11) is 0. The first kappa shape index (κ1) is 69.0. The summed E-state index contributed by atoms with van der Waals surface area (Å²) in [5.41, 5.74) is 2.36. The largest absolute Gasteiger partial charge is 0.481 e. The van der Waals surface area contributed by atoms with Crippen LogP contribution in [0.15, 0.2) is 54.6 Å². The van der Waals surface area contributed by atoms with Crippen LogP contribution in [-0.2, 0) is 56.0 Å². The molecule has 3 unspecified atom stereocenters. The predicted octanol–water partition coefficient (Wildman–Crippen LogP) is 3.39. The van der Waals surface area contributed by atoms with E-state index >= 15 is 0 Å². The zero-order valence-corrected chi connectivity index (χ0v) is 47.5. The second kappa shape index (κ2) is 38.4. The van der Waals surface area contributed by atoms with Gasteiger partial charge in [0.15, 0.2) is 10.9 Å². The van der Waals surface area contributed by atoms with Gasteiger partial charge in [0.25, 0.3) is 0 Å². The van der Waals surface area contributed by atoms with Gasteiger partial charge in [-0.05, 0) is 107 Å². The smallest absolute Gasteiger partial charge is 0.326 e. The molecule has 26 heteroatoms. The lowest BCUT2D eigenvalue weighted by Gasteiger charge is -2.33. The van der Waals surface area contributed by atoms with E-state index in [4.69, 9.17) is 17.3 Å². The fourth-order valence-electron chi connectivity index (χ4n) is 9.36. The zero-order valence-electron chi connectivity index (χ0n) is 46.7. The van der Waals surface area contributed by atoms with Crippen LogP contribution < -0.4 is 31.9 Å². The molecule has 0 saturated carbocycles. The van der Waals surface area contributed by atoms with Gasteiger partial charge in [0.05, 0.1) is 25.7 Å². The Labute approximate surface area is 483 Å². The Hall–Kier alpha value is -7.29. The minimum Gasteiger partial charge on any atom is -0.481 e. The summed E-state index contributed by atoms with van der Waals surface area (Å²) >= 11 is 5.67. The van der Waals surface area contributed by atoms with Crippen molar-refractivity contribution >= 4 is 82.5 Å². The molecular formula is C56H83N9O16S. The number of thiocarbonyl (C=S) groups is 1. The van der Waals surface area contributed by atoms with Crippen LogP contribution in [0.1, 0.15) is 121 Å². The highest BCUT2D eigenvalue weighted by Crippen LogP contribution is 2.18. The van der Waals surface area contributed by atoms with Crippen LogP contribution in [0.3, 0.4) is 0 Å². The number of hydrogen-bond acceptors (Lipinski definition) is 14. The van der Waals surface area contributed by atoms with Gasteiger partial charge in [-0.1, -0.05) is 68.1 Å². The number of benzene rings is 2. The number of urea groups is 1. The third-order valence-corrected chi connectivity index (χ3v) is 14.0. The van der Waals surface area contributed by atoms with Crippen molar-refractivity contribution in [3.63, 3.8) is 0 Å². The van der Waals surface area contributed by atoms with Crippen molar-refractivity contribution in [3.05, 3.63) is 65.7 Å². The maximum Gasteiger partial charge on any atom is 0.326 e. The molecule has 3 rings (SSSR count). The Bertz CT molecular complexity index is 2400. The standard InChI is InChI=1S/C56H83N9O16S/c1-38(21-26-49(69)70)58-55(81)61-44(54(79)80)17-12-13-27-57-47(67)19-10-2-3-11-20-48(68)60-43(53(77)78)16-8-5-9-18-46(66)45(33-39-14-6-4-7-15-39)62-56(82)59-41-24-22-40(23-25-41)32-42-34-64(36-51(73)74)29-28-63(35-50(71)72)30-31-65(42)37-52(75)76/h4,6-7,14-15,22-25,38,42-45H,2-3,5,8-13,16-21,26-37H2,1H3,(H,57,67)(H,60,68)(H,69,70)(H,71,72)(H,73,74)(H,75,76)(H,77,78)(H,79,80)(H2,58,61,81)(H2,59,62,82)/t38-,42?,43?,44+,45?/m1/s1. The first-order chi connectivity index (χ1) is 39.1. The molecule has 0 radical (unpaired) electrons. The average molecular weight is 1170 g/mol. The van der Waals surface area contributed by atoms with E-state index in [1.54, 1.807) is 33.8 Å². The van der Waals surface area contributed by atoms with Gasteiger partial charge in [-0.2, -0.15) is 0 Å². The van der Waals surface area contributed by atoms with Gasteiger partial charge in [-0.15, -0.1) is 0 Å². The SMILES string of the molecule is C[C@H](CCC(=O)O)NC(=O)N[C@@H](CCCCNC(=O)CCCCCCC(=O)NC(CCCCCC(=O)C(Cc1ccccc1)NC(=S)Nc1ccc(CC2CN(CC(=O)O)CCN(CC(=O)O)CCN2CC(=O)O)cc1)C(=O)O)C(=O)O. The number of unbranched alkanes of at least 4 members (excludes halogenated alkanes) is 6. The molecule has 454 valence electrons. The number of rotatable bonds is 39. The summed E-state index contributed by atoms with van der Waals surface area (Å²) in [4.78, 5) is 126. The van der Waals surface area contributed by atoms with Crippen molar-refractivity contribution in [1.29, 1.82) is 0 Å². The number of anilines is 1. The summed E-state index contributed by atoms with van der Waals surface area (Å²) in [5.74, 6) is -7.21. The van der Waals surface area contributed by atoms with Crippen LogP contribution in [-0.4, -0.2) is 199 Å². The second-order valence-electron chi connectivity index (χ2n) is 20.7. The lowest BCUT2D eigenvalue weighted by atomic mass is 9.98. The number of carboxylic acids is 6. The molecule has 1 saturated heterocycles. The van der Waals surface area contributed by atoms with Gasteiger partial charge in [0, 0.05) is 82.7 Å². The summed E-state index contributed by atoms with van der Waals surface area (Å²) < 4.78 is 0. The van der Waals surface area contributed by atoms with Gasteiger partial charge in [-0.3, -0.25) is 48.3 Å². The van der Waals surface area contributed by atoms with Crippen LogP contribution in [0.5, 0.6) is 0 Å². The zero-order chi connectivity index (χ0) is 60.4. The highest BCUT2D eigenvalue weighted by molar-refractivity contribution is 7.80. The van der Waals surface area contributed by atoms with E-state index in [1.165, 1.54) is 0 Å². The lowest BCUT2D eigenvalue weighted by molar-refractivity contribution is -0.142. The number of amides is 4. The number of nitrogens with zero attached hydrogens (tertiary/aromatic N) is 3. The molecule has 2 aromatic rings. The molecule has 0 aromatic heterocycles. The highest BCUT2D eigenvalue weighted by atomic mass is 32.1. The van der Waals surface area contributed by atoms with Gasteiger partial charge in [0.2, 0.25) is 11.8 Å². The van der Waals surface area contributed by atoms with Crippen LogP contribution >= 0.6 is 12.2 Å². The monoisotopic (exact) mass is 1170 g/mol. The van der Waals surface area contributed by atoms with Crippen molar-refractivity contribution in [1.82, 2.24) is 41.3 Å². The highest BCUT2D eigenvalue weighted by Gasteiger charge is 2.29. The number of nitrogens with one attached hydrogen (secondary N) is 6. The number of ketones is 1. The molecule has 1 fully saturated rings. The maximum atomic E-state index is 13.7. The number of Topliss-reactive ketones (excluding diaryl/α,β-unsaturated/α-hetero) is 1. The van der Waals surface area contributed by atoms with Crippen LogP contribution in [0.2, 0.25) is 0 Å². The first-order valence-corrected chi connectivity index (χ1v) is 28.3. The number of carboxylic acid groups (broad SMARTS) is 6. The van der Waals surface area contributed by atoms with E-state index in [0.717, 1.165) is 11.1 Å². The van der Waals surface area contributed by atoms with E-state index < -0.39 is 78.0 Å². The third kappa shape index (κ3) is 30.5. The first-order valence-electron chi connectivity index (χ1n) is 27.9. The molecule has 4 amide bonds. The van der Waals surface area contributed by atoms with Crippen LogP contribution in [0.4, 0.5) is 10.5 Å². The Balaban J connectivity index is 1.40. The van der Waals surface area contributed by atoms with Gasteiger partial charge >= 0.3 is 41.8 Å². The van der Waals surface area contributed by atoms with Gasteiger partial charge in [-0.25, -0.2) is 14.4 Å². The van der Waals surface area contributed by atoms with Crippen molar-refractivity contribution < 1.29 is 78.6 Å². The normalized spacial score (nSPS) is 15.6. The van der Waals surface area contributed by atoms with Crippen molar-refractivity contribution in [2.24, 2.45) is 0 Å². The molecule has 25 nitrogen and oxygen atoms in total. The summed E-state index contributed by atoms with van der Waals surface area (Å²) in [6, 6.07) is 12.2. The molecule has 0 bridgehead atoms. The molecule has 2 aromatic carbocycles. The fraction of sp³-hybridized carbons (Fsp3) is 0.589. The average Bonchev–Trinajstić information content (AvgIpc) is 3.50.